The summed E-state index contributed by atoms with van der Waals surface area (Å²) in [4.78, 5) is 39.3. The number of aromatic hydroxyl groups is 1. The number of hydrogen-bond donors (Lipinski definition) is 2. The van der Waals surface area contributed by atoms with Crippen LogP contribution in [0.25, 0.3) is 5.76 Å². The number of halogens is 1. The first kappa shape index (κ1) is 24.8. The van der Waals surface area contributed by atoms with Crippen LogP contribution in [0.1, 0.15) is 22.7 Å². The normalized spacial score (nSPS) is 16.8. The van der Waals surface area contributed by atoms with E-state index >= 15 is 0 Å². The van der Waals surface area contributed by atoms with Gasteiger partial charge in [-0.2, -0.15) is 0 Å². The fourth-order valence-electron chi connectivity index (χ4n) is 4.05. The van der Waals surface area contributed by atoms with Crippen molar-refractivity contribution in [2.24, 2.45) is 0 Å². The van der Waals surface area contributed by atoms with Gasteiger partial charge in [0.25, 0.3) is 11.7 Å². The molecular formula is C27H22ClNO7. The highest BCUT2D eigenvalue weighted by Gasteiger charge is 2.47. The SMILES string of the molecule is COC(=O)Cc1ccc(N2C(=O)C(=O)/C(=C(\O)c3ccc(OC)c(Cl)c3)C2c2ccc(O)cc2)cc1. The van der Waals surface area contributed by atoms with E-state index < -0.39 is 29.5 Å². The van der Waals surface area contributed by atoms with Crippen molar-refractivity contribution in [3.05, 3.63) is 94.0 Å². The van der Waals surface area contributed by atoms with Gasteiger partial charge in [0.2, 0.25) is 0 Å². The molecule has 0 aromatic heterocycles. The van der Waals surface area contributed by atoms with Crippen molar-refractivity contribution in [2.75, 3.05) is 19.1 Å². The molecule has 1 atom stereocenters. The summed E-state index contributed by atoms with van der Waals surface area (Å²) in [5.41, 5.74) is 1.64. The molecule has 3 aromatic carbocycles. The maximum atomic E-state index is 13.2. The second kappa shape index (κ2) is 10.1. The molecule has 0 aliphatic carbocycles. The van der Waals surface area contributed by atoms with Gasteiger partial charge in [-0.15, -0.1) is 0 Å². The number of nitrogens with zero attached hydrogens (tertiary/aromatic N) is 1. The average molecular weight is 508 g/mol. The Bertz CT molecular complexity index is 1360. The first-order valence-corrected chi connectivity index (χ1v) is 11.2. The van der Waals surface area contributed by atoms with Crippen molar-refractivity contribution in [1.82, 2.24) is 0 Å². The van der Waals surface area contributed by atoms with Crippen molar-refractivity contribution in [3.63, 3.8) is 0 Å². The summed E-state index contributed by atoms with van der Waals surface area (Å²) in [7, 11) is 2.75. The number of amides is 1. The lowest BCUT2D eigenvalue weighted by Crippen LogP contribution is -2.29. The molecule has 1 fully saturated rings. The average Bonchev–Trinajstić information content (AvgIpc) is 3.14. The summed E-state index contributed by atoms with van der Waals surface area (Å²) in [5, 5.41) is 21.2. The molecule has 3 aromatic rings. The number of Topliss-reactive ketones (excluding diaryl/α,β-unsaturated/α-hetero) is 1. The van der Waals surface area contributed by atoms with E-state index in [-0.39, 0.29) is 28.3 Å². The minimum atomic E-state index is -0.988. The Hall–Kier alpha value is -4.30. The Balaban J connectivity index is 1.85. The van der Waals surface area contributed by atoms with Crippen LogP contribution in [-0.4, -0.2) is 42.1 Å². The third-order valence-electron chi connectivity index (χ3n) is 5.87. The Morgan fingerprint density at radius 2 is 1.67 bits per heavy atom. The highest BCUT2D eigenvalue weighted by Crippen LogP contribution is 2.43. The van der Waals surface area contributed by atoms with E-state index in [1.165, 1.54) is 43.4 Å². The number of methoxy groups -OCH3 is 2. The van der Waals surface area contributed by atoms with Gasteiger partial charge >= 0.3 is 5.97 Å². The minimum absolute atomic E-state index is 0.00445. The monoisotopic (exact) mass is 507 g/mol. The summed E-state index contributed by atoms with van der Waals surface area (Å²) >= 11 is 6.22. The molecular weight excluding hydrogens is 486 g/mol. The largest absolute Gasteiger partial charge is 0.508 e. The van der Waals surface area contributed by atoms with E-state index in [9.17, 15) is 24.6 Å². The van der Waals surface area contributed by atoms with Gasteiger partial charge in [0.1, 0.15) is 17.3 Å². The van der Waals surface area contributed by atoms with Crippen LogP contribution < -0.4 is 9.64 Å². The summed E-state index contributed by atoms with van der Waals surface area (Å²) in [6.07, 6.45) is 0.0508. The zero-order chi connectivity index (χ0) is 26.0. The van der Waals surface area contributed by atoms with E-state index in [0.29, 0.717) is 22.6 Å². The molecule has 184 valence electrons. The number of aliphatic hydroxyl groups excluding tert-OH is 1. The molecule has 1 heterocycles. The molecule has 1 unspecified atom stereocenters. The quantitative estimate of drug-likeness (QED) is 0.220. The number of phenolic OH excluding ortho intramolecular Hbond substituents is 1. The number of aliphatic hydroxyl groups is 1. The summed E-state index contributed by atoms with van der Waals surface area (Å²) in [6, 6.07) is 16.1. The summed E-state index contributed by atoms with van der Waals surface area (Å²) in [5.74, 6) is -2.14. The van der Waals surface area contributed by atoms with Crippen LogP contribution in [0, 0.1) is 0 Å². The maximum Gasteiger partial charge on any atom is 0.309 e. The maximum absolute atomic E-state index is 13.2. The number of carbonyl (C=O) groups excluding carboxylic acids is 3. The van der Waals surface area contributed by atoms with Crippen LogP contribution in [-0.2, 0) is 25.5 Å². The Kier molecular flexibility index (Phi) is 6.98. The van der Waals surface area contributed by atoms with Gasteiger partial charge in [-0.25, -0.2) is 0 Å². The smallest absolute Gasteiger partial charge is 0.309 e. The van der Waals surface area contributed by atoms with E-state index in [1.807, 2.05) is 0 Å². The number of esters is 1. The van der Waals surface area contributed by atoms with Gasteiger partial charge in [-0.3, -0.25) is 19.3 Å². The van der Waals surface area contributed by atoms with Gasteiger partial charge < -0.3 is 19.7 Å². The fourth-order valence-corrected chi connectivity index (χ4v) is 4.31. The number of phenols is 1. The summed E-state index contributed by atoms with van der Waals surface area (Å²) < 4.78 is 9.83. The van der Waals surface area contributed by atoms with E-state index in [2.05, 4.69) is 4.74 Å². The number of hydrogen-bond acceptors (Lipinski definition) is 7. The minimum Gasteiger partial charge on any atom is -0.508 e. The van der Waals surface area contributed by atoms with Crippen LogP contribution >= 0.6 is 11.6 Å². The zero-order valence-electron chi connectivity index (χ0n) is 19.4. The third kappa shape index (κ3) is 4.63. The molecule has 1 aliphatic heterocycles. The second-order valence-corrected chi connectivity index (χ2v) is 8.44. The van der Waals surface area contributed by atoms with E-state index in [0.717, 1.165) is 0 Å². The molecule has 1 amide bonds. The third-order valence-corrected chi connectivity index (χ3v) is 6.16. The fraction of sp³-hybridized carbons (Fsp3) is 0.148. The zero-order valence-corrected chi connectivity index (χ0v) is 20.2. The molecule has 1 aliphatic rings. The van der Waals surface area contributed by atoms with Crippen LogP contribution in [0.5, 0.6) is 11.5 Å². The van der Waals surface area contributed by atoms with Crippen LogP contribution in [0.3, 0.4) is 0 Å². The van der Waals surface area contributed by atoms with Gasteiger partial charge in [-0.1, -0.05) is 35.9 Å². The lowest BCUT2D eigenvalue weighted by molar-refractivity contribution is -0.139. The van der Waals surface area contributed by atoms with Gasteiger partial charge in [0.15, 0.2) is 0 Å². The lowest BCUT2D eigenvalue weighted by atomic mass is 9.95. The van der Waals surface area contributed by atoms with Crippen LogP contribution in [0.2, 0.25) is 5.02 Å². The molecule has 0 bridgehead atoms. The first-order chi connectivity index (χ1) is 17.2. The van der Waals surface area contributed by atoms with E-state index in [1.54, 1.807) is 42.5 Å². The van der Waals surface area contributed by atoms with Crippen molar-refractivity contribution < 1.29 is 34.1 Å². The Labute approximate surface area is 211 Å². The molecule has 9 heteroatoms. The lowest BCUT2D eigenvalue weighted by Gasteiger charge is -2.25. The number of benzene rings is 3. The number of rotatable bonds is 6. The molecule has 2 N–H and O–H groups in total. The Morgan fingerprint density at radius 3 is 2.25 bits per heavy atom. The molecule has 36 heavy (non-hydrogen) atoms. The number of ketones is 1. The van der Waals surface area contributed by atoms with Crippen LogP contribution in [0.15, 0.2) is 72.3 Å². The van der Waals surface area contributed by atoms with Crippen molar-refractivity contribution in [3.8, 4) is 11.5 Å². The molecule has 0 spiro atoms. The second-order valence-electron chi connectivity index (χ2n) is 8.03. The number of anilines is 1. The van der Waals surface area contributed by atoms with Gasteiger partial charge in [0, 0.05) is 11.3 Å². The molecule has 0 saturated carbocycles. The standard InChI is InChI=1S/C27H22ClNO7/c1-35-21-12-7-17(14-20(21)28)25(32)23-24(16-5-10-19(30)11-6-16)29(27(34)26(23)33)18-8-3-15(4-9-18)13-22(31)36-2/h3-12,14,24,30,32H,13H2,1-2H3/b25-23-. The Morgan fingerprint density at radius 1 is 1.00 bits per heavy atom. The highest BCUT2D eigenvalue weighted by molar-refractivity contribution is 6.51. The van der Waals surface area contributed by atoms with Crippen molar-refractivity contribution >= 4 is 40.7 Å². The summed E-state index contributed by atoms with van der Waals surface area (Å²) in [6.45, 7) is 0. The van der Waals surface area contributed by atoms with E-state index in [4.69, 9.17) is 16.3 Å². The highest BCUT2D eigenvalue weighted by atomic mass is 35.5. The predicted molar refractivity (Wildman–Crippen MR) is 133 cm³/mol. The number of ether oxygens (including phenoxy) is 2. The molecule has 4 rings (SSSR count). The van der Waals surface area contributed by atoms with Gasteiger partial charge in [0.05, 0.1) is 37.3 Å². The molecule has 8 nitrogen and oxygen atoms in total. The van der Waals surface area contributed by atoms with Crippen molar-refractivity contribution in [2.45, 2.75) is 12.5 Å². The topological polar surface area (TPSA) is 113 Å². The molecule has 0 radical (unpaired) electrons. The van der Waals surface area contributed by atoms with Crippen molar-refractivity contribution in [1.29, 1.82) is 0 Å². The molecule has 1 saturated heterocycles. The van der Waals surface area contributed by atoms with Gasteiger partial charge in [-0.05, 0) is 53.6 Å². The number of carbonyl (C=O) groups is 3. The first-order valence-electron chi connectivity index (χ1n) is 10.8. The van der Waals surface area contributed by atoms with Crippen LogP contribution in [0.4, 0.5) is 5.69 Å². The predicted octanol–water partition coefficient (Wildman–Crippen LogP) is 4.40.